The quantitative estimate of drug-likeness (QED) is 0.755. The predicted molar refractivity (Wildman–Crippen MR) is 85.1 cm³/mol. The van der Waals surface area contributed by atoms with Gasteiger partial charge in [0.25, 0.3) is 0 Å². The second-order valence-electron chi connectivity index (χ2n) is 5.69. The Morgan fingerprint density at radius 3 is 2.71 bits per heavy atom. The summed E-state index contributed by atoms with van der Waals surface area (Å²) < 4.78 is 1.97. The van der Waals surface area contributed by atoms with Crippen molar-refractivity contribution in [3.8, 4) is 0 Å². The molecule has 5 nitrogen and oxygen atoms in total. The van der Waals surface area contributed by atoms with Crippen LogP contribution in [0, 0.1) is 0 Å². The number of fused-ring (bicyclic) bond motifs is 1. The minimum absolute atomic E-state index is 0.336. The maximum Gasteiger partial charge on any atom is 0.182 e. The molecule has 2 heterocycles. The number of benzene rings is 1. The third kappa shape index (κ3) is 2.63. The van der Waals surface area contributed by atoms with Crippen molar-refractivity contribution in [1.29, 1.82) is 0 Å². The van der Waals surface area contributed by atoms with Gasteiger partial charge in [-0.05, 0) is 24.3 Å². The van der Waals surface area contributed by atoms with Crippen LogP contribution in [0.25, 0.3) is 11.0 Å². The summed E-state index contributed by atoms with van der Waals surface area (Å²) in [7, 11) is 0. The lowest BCUT2D eigenvalue weighted by molar-refractivity contribution is 0.577. The number of rotatable bonds is 5. The van der Waals surface area contributed by atoms with Crippen LogP contribution in [0.3, 0.4) is 0 Å². The number of hydrogen-bond donors (Lipinski definition) is 2. The second kappa shape index (κ2) is 5.60. The number of H-pyrrole nitrogens is 1. The lowest BCUT2D eigenvalue weighted by Crippen LogP contribution is -2.03. The molecular formula is C16H21N5. The lowest BCUT2D eigenvalue weighted by Gasteiger charge is -2.03. The number of nitrogens with one attached hydrogen (secondary N) is 1. The SMILES string of the molecule is CC(C)c1nn(CCCc2ccccc2)c2n[nH]c(N)c12. The largest absolute Gasteiger partial charge is 0.383 e. The van der Waals surface area contributed by atoms with E-state index in [0.29, 0.717) is 11.7 Å². The van der Waals surface area contributed by atoms with Crippen molar-refractivity contribution >= 4 is 16.9 Å². The zero-order chi connectivity index (χ0) is 14.8. The number of aryl methyl sites for hydroxylation is 2. The van der Waals surface area contributed by atoms with Crippen molar-refractivity contribution in [2.75, 3.05) is 5.73 Å². The number of nitrogens with two attached hydrogens (primary N) is 1. The maximum atomic E-state index is 5.98. The van der Waals surface area contributed by atoms with Crippen molar-refractivity contribution in [1.82, 2.24) is 20.0 Å². The van der Waals surface area contributed by atoms with E-state index in [1.54, 1.807) is 0 Å². The van der Waals surface area contributed by atoms with Crippen LogP contribution in [0.5, 0.6) is 0 Å². The van der Waals surface area contributed by atoms with E-state index in [2.05, 4.69) is 48.3 Å². The molecule has 1 aromatic carbocycles. The standard InChI is InChI=1S/C16H21N5/c1-11(2)14-13-15(17)18-19-16(13)21(20-14)10-6-9-12-7-4-3-5-8-12/h3-5,7-8,11H,6,9-10H2,1-2H3,(H3,17,18,19). The van der Waals surface area contributed by atoms with Crippen molar-refractivity contribution in [3.63, 3.8) is 0 Å². The highest BCUT2D eigenvalue weighted by Gasteiger charge is 2.18. The summed E-state index contributed by atoms with van der Waals surface area (Å²) in [5.41, 5.74) is 9.22. The van der Waals surface area contributed by atoms with E-state index in [-0.39, 0.29) is 0 Å². The molecular weight excluding hydrogens is 262 g/mol. The van der Waals surface area contributed by atoms with Gasteiger partial charge in [0.15, 0.2) is 5.65 Å². The number of aromatic nitrogens is 4. The Balaban J connectivity index is 1.78. The number of anilines is 1. The van der Waals surface area contributed by atoms with Crippen LogP contribution >= 0.6 is 0 Å². The van der Waals surface area contributed by atoms with E-state index in [1.165, 1.54) is 5.56 Å². The minimum atomic E-state index is 0.336. The molecule has 0 atom stereocenters. The number of nitrogen functional groups attached to an aromatic ring is 1. The average Bonchev–Trinajstić information content (AvgIpc) is 3.02. The summed E-state index contributed by atoms with van der Waals surface area (Å²) in [6.07, 6.45) is 2.07. The van der Waals surface area contributed by atoms with Crippen LogP contribution in [0.1, 0.15) is 37.4 Å². The smallest absolute Gasteiger partial charge is 0.182 e. The first-order chi connectivity index (χ1) is 10.2. The highest BCUT2D eigenvalue weighted by atomic mass is 15.3. The van der Waals surface area contributed by atoms with Crippen LogP contribution in [0.2, 0.25) is 0 Å². The topological polar surface area (TPSA) is 72.5 Å². The van der Waals surface area contributed by atoms with Gasteiger partial charge in [0.1, 0.15) is 5.82 Å². The molecule has 0 amide bonds. The molecule has 0 bridgehead atoms. The molecule has 0 fully saturated rings. The molecule has 5 heteroatoms. The fourth-order valence-electron chi connectivity index (χ4n) is 2.65. The first kappa shape index (κ1) is 13.7. The first-order valence-corrected chi connectivity index (χ1v) is 7.41. The Kier molecular flexibility index (Phi) is 3.64. The molecule has 2 aromatic heterocycles. The number of nitrogens with zero attached hydrogens (tertiary/aromatic N) is 3. The van der Waals surface area contributed by atoms with Crippen molar-refractivity contribution in [2.24, 2.45) is 0 Å². The van der Waals surface area contributed by atoms with E-state index in [4.69, 9.17) is 10.8 Å². The fourth-order valence-corrected chi connectivity index (χ4v) is 2.65. The second-order valence-corrected chi connectivity index (χ2v) is 5.69. The van der Waals surface area contributed by atoms with Crippen LogP contribution in [-0.2, 0) is 13.0 Å². The van der Waals surface area contributed by atoms with Crippen LogP contribution < -0.4 is 5.73 Å². The summed E-state index contributed by atoms with van der Waals surface area (Å²) in [6, 6.07) is 10.5. The zero-order valence-electron chi connectivity index (χ0n) is 12.5. The summed E-state index contributed by atoms with van der Waals surface area (Å²) in [6.45, 7) is 5.10. The van der Waals surface area contributed by atoms with Crippen LogP contribution in [0.4, 0.5) is 5.82 Å². The Hall–Kier alpha value is -2.30. The molecule has 0 saturated heterocycles. The van der Waals surface area contributed by atoms with Crippen molar-refractivity contribution < 1.29 is 0 Å². The van der Waals surface area contributed by atoms with Crippen molar-refractivity contribution in [3.05, 3.63) is 41.6 Å². The fraction of sp³-hybridized carbons (Fsp3) is 0.375. The zero-order valence-corrected chi connectivity index (χ0v) is 12.5. The minimum Gasteiger partial charge on any atom is -0.383 e. The van der Waals surface area contributed by atoms with Gasteiger partial charge < -0.3 is 5.73 Å². The van der Waals surface area contributed by atoms with Gasteiger partial charge in [-0.25, -0.2) is 4.68 Å². The van der Waals surface area contributed by atoms with Gasteiger partial charge in [-0.15, -0.1) is 0 Å². The maximum absolute atomic E-state index is 5.98. The molecule has 0 radical (unpaired) electrons. The number of hydrogen-bond acceptors (Lipinski definition) is 3. The Bertz CT molecular complexity index is 724. The molecule has 3 N–H and O–H groups in total. The van der Waals surface area contributed by atoms with Gasteiger partial charge in [0.2, 0.25) is 0 Å². The molecule has 0 spiro atoms. The average molecular weight is 283 g/mol. The summed E-state index contributed by atoms with van der Waals surface area (Å²) in [5.74, 6) is 0.950. The van der Waals surface area contributed by atoms with E-state index in [1.807, 2.05) is 10.7 Å². The normalized spacial score (nSPS) is 11.6. The summed E-state index contributed by atoms with van der Waals surface area (Å²) in [4.78, 5) is 0. The highest BCUT2D eigenvalue weighted by molar-refractivity contribution is 5.89. The highest BCUT2D eigenvalue weighted by Crippen LogP contribution is 2.27. The van der Waals surface area contributed by atoms with Gasteiger partial charge >= 0.3 is 0 Å². The van der Waals surface area contributed by atoms with Gasteiger partial charge in [-0.2, -0.15) is 10.2 Å². The molecule has 0 aliphatic rings. The van der Waals surface area contributed by atoms with E-state index in [0.717, 1.165) is 36.1 Å². The predicted octanol–water partition coefficient (Wildman–Crippen LogP) is 3.10. The van der Waals surface area contributed by atoms with Gasteiger partial charge in [-0.1, -0.05) is 44.2 Å². The molecule has 0 aliphatic carbocycles. The van der Waals surface area contributed by atoms with Gasteiger partial charge in [-0.3, -0.25) is 5.10 Å². The Labute approximate surface area is 124 Å². The molecule has 0 aliphatic heterocycles. The third-order valence-corrected chi connectivity index (χ3v) is 3.73. The van der Waals surface area contributed by atoms with Crippen molar-refractivity contribution in [2.45, 2.75) is 39.2 Å². The van der Waals surface area contributed by atoms with Crippen LogP contribution in [0.15, 0.2) is 30.3 Å². The lowest BCUT2D eigenvalue weighted by atomic mass is 10.1. The van der Waals surface area contributed by atoms with Crippen LogP contribution in [-0.4, -0.2) is 20.0 Å². The van der Waals surface area contributed by atoms with E-state index >= 15 is 0 Å². The van der Waals surface area contributed by atoms with Gasteiger partial charge in [0, 0.05) is 6.54 Å². The Morgan fingerprint density at radius 1 is 1.24 bits per heavy atom. The monoisotopic (exact) mass is 283 g/mol. The summed E-state index contributed by atoms with van der Waals surface area (Å²) in [5, 5.41) is 12.8. The molecule has 110 valence electrons. The molecule has 21 heavy (non-hydrogen) atoms. The summed E-state index contributed by atoms with van der Waals surface area (Å²) >= 11 is 0. The van der Waals surface area contributed by atoms with Gasteiger partial charge in [0.05, 0.1) is 11.1 Å². The number of aromatic amines is 1. The third-order valence-electron chi connectivity index (χ3n) is 3.73. The van der Waals surface area contributed by atoms with E-state index in [9.17, 15) is 0 Å². The Morgan fingerprint density at radius 2 is 2.00 bits per heavy atom. The molecule has 3 aromatic rings. The first-order valence-electron chi connectivity index (χ1n) is 7.41. The molecule has 0 saturated carbocycles. The molecule has 3 rings (SSSR count). The van der Waals surface area contributed by atoms with E-state index < -0.39 is 0 Å². The molecule has 0 unspecified atom stereocenters.